The van der Waals surface area contributed by atoms with Crippen molar-refractivity contribution in [1.82, 2.24) is 10.4 Å². The Kier molecular flexibility index (Phi) is 4.92. The smallest absolute Gasteiger partial charge is 0.0940 e. The molecule has 0 aromatic carbocycles. The largest absolute Gasteiger partial charge is 0.385 e. The zero-order valence-corrected chi connectivity index (χ0v) is 8.51. The van der Waals surface area contributed by atoms with Gasteiger partial charge >= 0.3 is 0 Å². The van der Waals surface area contributed by atoms with Gasteiger partial charge in [-0.3, -0.25) is 11.3 Å². The molecule has 0 bridgehead atoms. The molecule has 1 rings (SSSR count). The lowest BCUT2D eigenvalue weighted by atomic mass is 10.1. The predicted molar refractivity (Wildman–Crippen MR) is 53.4 cm³/mol. The quantitative estimate of drug-likeness (QED) is 0.521. The van der Waals surface area contributed by atoms with Crippen LogP contribution in [0.2, 0.25) is 0 Å². The predicted octanol–water partition coefficient (Wildman–Crippen LogP) is 0.554. The Hall–Kier alpha value is -0.490. The van der Waals surface area contributed by atoms with E-state index < -0.39 is 0 Å². The highest BCUT2D eigenvalue weighted by Crippen LogP contribution is 2.08. The Morgan fingerprint density at radius 3 is 3.15 bits per heavy atom. The van der Waals surface area contributed by atoms with Crippen LogP contribution in [0.3, 0.4) is 0 Å². The Balaban J connectivity index is 2.31. The van der Waals surface area contributed by atoms with Crippen LogP contribution in [0.4, 0.5) is 0 Å². The molecule has 3 N–H and O–H groups in total. The van der Waals surface area contributed by atoms with E-state index in [1.807, 2.05) is 11.6 Å². The zero-order chi connectivity index (χ0) is 9.52. The highest BCUT2D eigenvalue weighted by Gasteiger charge is 2.08. The first-order valence-electron chi connectivity index (χ1n) is 4.20. The second-order valence-electron chi connectivity index (χ2n) is 2.78. The van der Waals surface area contributed by atoms with Gasteiger partial charge in [0.2, 0.25) is 0 Å². The second-order valence-corrected chi connectivity index (χ2v) is 3.75. The van der Waals surface area contributed by atoms with Crippen LogP contribution in [0.25, 0.3) is 0 Å². The summed E-state index contributed by atoms with van der Waals surface area (Å²) in [4.78, 5) is 4.19. The number of nitrogens with zero attached hydrogens (tertiary/aromatic N) is 1. The molecule has 0 spiro atoms. The van der Waals surface area contributed by atoms with Gasteiger partial charge in [-0.2, -0.15) is 0 Å². The summed E-state index contributed by atoms with van der Waals surface area (Å²) in [6.45, 7) is 0.722. The van der Waals surface area contributed by atoms with Crippen LogP contribution in [0.1, 0.15) is 11.4 Å². The van der Waals surface area contributed by atoms with Crippen LogP contribution in [0, 0.1) is 0 Å². The maximum atomic E-state index is 5.40. The molecule has 0 aliphatic carbocycles. The number of methoxy groups -OCH3 is 1. The van der Waals surface area contributed by atoms with Crippen molar-refractivity contribution in [2.75, 3.05) is 13.7 Å². The molecule has 5 heteroatoms. The van der Waals surface area contributed by atoms with Crippen molar-refractivity contribution < 1.29 is 4.74 Å². The monoisotopic (exact) mass is 201 g/mol. The molecule has 4 nitrogen and oxygen atoms in total. The van der Waals surface area contributed by atoms with Gasteiger partial charge in [0.25, 0.3) is 0 Å². The molecule has 0 aliphatic rings. The highest BCUT2D eigenvalue weighted by molar-refractivity contribution is 7.09. The Morgan fingerprint density at radius 2 is 2.62 bits per heavy atom. The normalized spacial score (nSPS) is 13.1. The molecule has 1 aromatic heterocycles. The third-order valence-corrected chi connectivity index (χ3v) is 2.61. The molecule has 0 saturated heterocycles. The molecular formula is C8H15N3OS. The third kappa shape index (κ3) is 3.82. The molecule has 0 aliphatic heterocycles. The van der Waals surface area contributed by atoms with Crippen LogP contribution < -0.4 is 11.3 Å². The van der Waals surface area contributed by atoms with Gasteiger partial charge in [0.15, 0.2) is 0 Å². The van der Waals surface area contributed by atoms with E-state index in [1.54, 1.807) is 18.4 Å². The second kappa shape index (κ2) is 6.04. The fourth-order valence-corrected chi connectivity index (χ4v) is 1.77. The average molecular weight is 201 g/mol. The van der Waals surface area contributed by atoms with Crippen LogP contribution in [0.15, 0.2) is 11.6 Å². The Morgan fingerprint density at radius 1 is 1.77 bits per heavy atom. The molecule has 0 saturated carbocycles. The number of hydrogen-bond acceptors (Lipinski definition) is 5. The number of rotatable bonds is 6. The summed E-state index contributed by atoms with van der Waals surface area (Å²) in [6.07, 6.45) is 3.59. The third-order valence-electron chi connectivity index (χ3n) is 1.81. The fraction of sp³-hybridized carbons (Fsp3) is 0.625. The summed E-state index contributed by atoms with van der Waals surface area (Å²) >= 11 is 1.65. The summed E-state index contributed by atoms with van der Waals surface area (Å²) < 4.78 is 4.98. The number of thiazole rings is 1. The van der Waals surface area contributed by atoms with Crippen LogP contribution >= 0.6 is 11.3 Å². The van der Waals surface area contributed by atoms with Gasteiger partial charge < -0.3 is 4.74 Å². The molecule has 1 atom stereocenters. The van der Waals surface area contributed by atoms with Gasteiger partial charge in [-0.25, -0.2) is 4.98 Å². The summed E-state index contributed by atoms with van der Waals surface area (Å²) in [5.74, 6) is 5.40. The summed E-state index contributed by atoms with van der Waals surface area (Å²) in [5.41, 5.74) is 2.76. The first-order chi connectivity index (χ1) is 6.36. The van der Waals surface area contributed by atoms with Gasteiger partial charge in [0.1, 0.15) is 0 Å². The Labute approximate surface area is 82.1 Å². The first-order valence-corrected chi connectivity index (χ1v) is 5.08. The van der Waals surface area contributed by atoms with E-state index in [4.69, 9.17) is 10.6 Å². The van der Waals surface area contributed by atoms with Crippen molar-refractivity contribution in [3.05, 3.63) is 16.6 Å². The molecule has 1 unspecified atom stereocenters. The number of aromatic nitrogens is 1. The molecule has 13 heavy (non-hydrogen) atoms. The SMILES string of the molecule is COCCC(Cc1nccs1)NN. The number of ether oxygens (including phenoxy) is 1. The van der Waals surface area contributed by atoms with Gasteiger partial charge in [-0.05, 0) is 6.42 Å². The van der Waals surface area contributed by atoms with Crippen LogP contribution in [0.5, 0.6) is 0 Å². The standard InChI is InChI=1S/C8H15N3OS/c1-12-4-2-7(11-9)6-8-10-3-5-13-8/h3,5,7,11H,2,4,6,9H2,1H3. The maximum absolute atomic E-state index is 5.40. The lowest BCUT2D eigenvalue weighted by Gasteiger charge is -2.13. The van der Waals surface area contributed by atoms with Crippen molar-refractivity contribution in [1.29, 1.82) is 0 Å². The molecule has 0 fully saturated rings. The highest BCUT2D eigenvalue weighted by atomic mass is 32.1. The molecule has 1 aromatic rings. The number of nitrogens with one attached hydrogen (secondary N) is 1. The van der Waals surface area contributed by atoms with Gasteiger partial charge in [0.05, 0.1) is 5.01 Å². The zero-order valence-electron chi connectivity index (χ0n) is 7.69. The van der Waals surface area contributed by atoms with E-state index in [0.717, 1.165) is 24.5 Å². The topological polar surface area (TPSA) is 60.2 Å². The van der Waals surface area contributed by atoms with E-state index in [0.29, 0.717) is 0 Å². The summed E-state index contributed by atoms with van der Waals surface area (Å²) in [6, 6.07) is 0.256. The Bertz CT molecular complexity index is 215. The minimum atomic E-state index is 0.256. The van der Waals surface area contributed by atoms with E-state index >= 15 is 0 Å². The van der Waals surface area contributed by atoms with Crippen molar-refractivity contribution >= 4 is 11.3 Å². The van der Waals surface area contributed by atoms with E-state index in [2.05, 4.69) is 10.4 Å². The molecular weight excluding hydrogens is 186 g/mol. The van der Waals surface area contributed by atoms with Gasteiger partial charge in [0, 0.05) is 37.8 Å². The number of nitrogens with two attached hydrogens (primary N) is 1. The van der Waals surface area contributed by atoms with E-state index in [-0.39, 0.29) is 6.04 Å². The first kappa shape index (κ1) is 10.6. The maximum Gasteiger partial charge on any atom is 0.0940 e. The number of hydrogen-bond donors (Lipinski definition) is 2. The summed E-state index contributed by atoms with van der Waals surface area (Å²) in [5, 5.41) is 3.08. The molecule has 0 radical (unpaired) electrons. The van der Waals surface area contributed by atoms with Crippen molar-refractivity contribution in [2.45, 2.75) is 18.9 Å². The van der Waals surface area contributed by atoms with Crippen molar-refractivity contribution in [3.8, 4) is 0 Å². The minimum Gasteiger partial charge on any atom is -0.385 e. The van der Waals surface area contributed by atoms with Crippen LogP contribution in [-0.2, 0) is 11.2 Å². The minimum absolute atomic E-state index is 0.256. The van der Waals surface area contributed by atoms with E-state index in [1.165, 1.54) is 0 Å². The molecule has 1 heterocycles. The van der Waals surface area contributed by atoms with Crippen LogP contribution in [-0.4, -0.2) is 24.7 Å². The van der Waals surface area contributed by atoms with Gasteiger partial charge in [-0.1, -0.05) is 0 Å². The molecule has 74 valence electrons. The van der Waals surface area contributed by atoms with Crippen molar-refractivity contribution in [3.63, 3.8) is 0 Å². The number of hydrazine groups is 1. The average Bonchev–Trinajstić information content (AvgIpc) is 2.64. The van der Waals surface area contributed by atoms with E-state index in [9.17, 15) is 0 Å². The molecule has 0 amide bonds. The summed E-state index contributed by atoms with van der Waals surface area (Å²) in [7, 11) is 1.69. The lowest BCUT2D eigenvalue weighted by molar-refractivity contribution is 0.182. The fourth-order valence-electron chi connectivity index (χ4n) is 1.07. The lowest BCUT2D eigenvalue weighted by Crippen LogP contribution is -2.37. The van der Waals surface area contributed by atoms with Gasteiger partial charge in [-0.15, -0.1) is 11.3 Å². The van der Waals surface area contributed by atoms with Crippen molar-refractivity contribution in [2.24, 2.45) is 5.84 Å².